The third-order valence-electron chi connectivity index (χ3n) is 7.16. The summed E-state index contributed by atoms with van der Waals surface area (Å²) in [5.41, 5.74) is 6.43. The summed E-state index contributed by atoms with van der Waals surface area (Å²) in [6.45, 7) is 5.67. The van der Waals surface area contributed by atoms with Crippen LogP contribution in [0.2, 0.25) is 0 Å². The Balaban J connectivity index is 0.00000289. The zero-order chi connectivity index (χ0) is 23.5. The number of carbonyl (C=O) groups excluding carboxylic acids is 1. The molecular formula is C31H33IN2O. The monoisotopic (exact) mass is 576 g/mol. The molecule has 0 aliphatic carbocycles. The Hall–Kier alpha value is -2.70. The Morgan fingerprint density at radius 2 is 1.43 bits per heavy atom. The zero-order valence-corrected chi connectivity index (χ0v) is 22.7. The molecule has 1 aliphatic rings. The Morgan fingerprint density at radius 3 is 2.14 bits per heavy atom. The SMILES string of the molecule is Cc1ccc(-c2ccc3ccc(C(=O)Nc4ccc(C[N+]5(C)CCCCC5)cc4)cc3c2)cc1.[I-]. The van der Waals surface area contributed by atoms with Crippen LogP contribution in [0.1, 0.15) is 40.7 Å². The van der Waals surface area contributed by atoms with Gasteiger partial charge < -0.3 is 33.8 Å². The van der Waals surface area contributed by atoms with Crippen molar-refractivity contribution in [1.29, 1.82) is 0 Å². The molecule has 0 aromatic heterocycles. The highest BCUT2D eigenvalue weighted by Crippen LogP contribution is 2.26. The van der Waals surface area contributed by atoms with E-state index in [9.17, 15) is 4.79 Å². The molecular weight excluding hydrogens is 543 g/mol. The maximum atomic E-state index is 13.0. The molecule has 1 aliphatic heterocycles. The molecule has 4 aromatic carbocycles. The summed E-state index contributed by atoms with van der Waals surface area (Å²) in [4.78, 5) is 13.0. The van der Waals surface area contributed by atoms with Crippen molar-refractivity contribution in [1.82, 2.24) is 0 Å². The topological polar surface area (TPSA) is 29.1 Å². The minimum Gasteiger partial charge on any atom is -1.00 e. The number of amides is 1. The lowest BCUT2D eigenvalue weighted by Crippen LogP contribution is -3.00. The number of halogens is 1. The number of quaternary nitrogens is 1. The molecule has 0 unspecified atom stereocenters. The van der Waals surface area contributed by atoms with E-state index in [4.69, 9.17) is 0 Å². The number of nitrogens with one attached hydrogen (secondary N) is 1. The number of anilines is 1. The van der Waals surface area contributed by atoms with Crippen molar-refractivity contribution in [2.45, 2.75) is 32.7 Å². The van der Waals surface area contributed by atoms with E-state index in [1.165, 1.54) is 49.0 Å². The highest BCUT2D eigenvalue weighted by Gasteiger charge is 2.24. The molecule has 5 rings (SSSR count). The van der Waals surface area contributed by atoms with E-state index in [1.54, 1.807) is 0 Å². The minimum atomic E-state index is -0.0783. The molecule has 1 saturated heterocycles. The van der Waals surface area contributed by atoms with Crippen molar-refractivity contribution < 1.29 is 33.3 Å². The molecule has 0 bridgehead atoms. The highest BCUT2D eigenvalue weighted by molar-refractivity contribution is 6.06. The standard InChI is InChI=1S/C31H32N2O.HI/c1-23-6-10-25(11-7-23)27-14-12-26-13-15-28(21-29(26)20-27)31(34)32-30-16-8-24(9-17-30)22-33(2)18-4-3-5-19-33;/h6-17,20-21H,3-5,18-19,22H2,1-2H3;1H. The summed E-state index contributed by atoms with van der Waals surface area (Å²) in [5, 5.41) is 5.27. The van der Waals surface area contributed by atoms with Crippen molar-refractivity contribution in [2.24, 2.45) is 0 Å². The number of fused-ring (bicyclic) bond motifs is 1. The molecule has 1 amide bonds. The van der Waals surface area contributed by atoms with Crippen LogP contribution in [0.5, 0.6) is 0 Å². The zero-order valence-electron chi connectivity index (χ0n) is 20.6. The second-order valence-corrected chi connectivity index (χ2v) is 10.1. The molecule has 0 radical (unpaired) electrons. The maximum Gasteiger partial charge on any atom is 0.255 e. The van der Waals surface area contributed by atoms with Crippen LogP contribution in [0, 0.1) is 6.92 Å². The normalized spacial score (nSPS) is 14.8. The van der Waals surface area contributed by atoms with Gasteiger partial charge in [0.05, 0.1) is 20.1 Å². The van der Waals surface area contributed by atoms with E-state index in [1.807, 2.05) is 30.3 Å². The molecule has 35 heavy (non-hydrogen) atoms. The maximum absolute atomic E-state index is 13.0. The van der Waals surface area contributed by atoms with E-state index in [0.29, 0.717) is 5.56 Å². The molecule has 4 heteroatoms. The molecule has 180 valence electrons. The molecule has 1 fully saturated rings. The Morgan fingerprint density at radius 1 is 0.771 bits per heavy atom. The van der Waals surface area contributed by atoms with Crippen LogP contribution in [0.25, 0.3) is 21.9 Å². The second kappa shape index (κ2) is 10.9. The Labute approximate surface area is 225 Å². The summed E-state index contributed by atoms with van der Waals surface area (Å²) in [6.07, 6.45) is 4.01. The number of hydrogen-bond acceptors (Lipinski definition) is 1. The van der Waals surface area contributed by atoms with Crippen LogP contribution in [0.4, 0.5) is 5.69 Å². The molecule has 0 saturated carbocycles. The van der Waals surface area contributed by atoms with Gasteiger partial charge in [0.1, 0.15) is 6.54 Å². The summed E-state index contributed by atoms with van der Waals surface area (Å²) in [5.74, 6) is -0.0783. The van der Waals surface area contributed by atoms with E-state index in [2.05, 4.69) is 73.9 Å². The number of nitrogens with zero attached hydrogens (tertiary/aromatic N) is 1. The largest absolute Gasteiger partial charge is 1.00 e. The molecule has 0 spiro atoms. The quantitative estimate of drug-likeness (QED) is 0.280. The average molecular weight is 577 g/mol. The van der Waals surface area contributed by atoms with E-state index in [0.717, 1.165) is 33.1 Å². The first kappa shape index (κ1) is 25.4. The van der Waals surface area contributed by atoms with Crippen LogP contribution in [-0.2, 0) is 6.54 Å². The third kappa shape index (κ3) is 6.11. The lowest BCUT2D eigenvalue weighted by atomic mass is 9.99. The van der Waals surface area contributed by atoms with Gasteiger partial charge in [-0.1, -0.05) is 60.2 Å². The van der Waals surface area contributed by atoms with Gasteiger partial charge in [0.25, 0.3) is 5.91 Å². The first-order chi connectivity index (χ1) is 16.5. The molecule has 0 atom stereocenters. The fraction of sp³-hybridized carbons (Fsp3) is 0.258. The smallest absolute Gasteiger partial charge is 0.255 e. The van der Waals surface area contributed by atoms with Gasteiger partial charge in [-0.2, -0.15) is 0 Å². The summed E-state index contributed by atoms with van der Waals surface area (Å²) in [7, 11) is 2.36. The van der Waals surface area contributed by atoms with Crippen LogP contribution >= 0.6 is 0 Å². The van der Waals surface area contributed by atoms with Gasteiger partial charge in [-0.3, -0.25) is 4.79 Å². The molecule has 4 aromatic rings. The number of hydrogen-bond donors (Lipinski definition) is 1. The highest BCUT2D eigenvalue weighted by atomic mass is 127. The predicted molar refractivity (Wildman–Crippen MR) is 142 cm³/mol. The minimum absolute atomic E-state index is 0. The summed E-state index contributed by atoms with van der Waals surface area (Å²) in [6, 6.07) is 29.2. The van der Waals surface area contributed by atoms with Gasteiger partial charge in [-0.25, -0.2) is 0 Å². The lowest BCUT2D eigenvalue weighted by Gasteiger charge is -2.37. The number of piperidine rings is 1. The van der Waals surface area contributed by atoms with Gasteiger partial charge in [0.15, 0.2) is 0 Å². The second-order valence-electron chi connectivity index (χ2n) is 10.1. The first-order valence-electron chi connectivity index (χ1n) is 12.3. The molecule has 1 heterocycles. The van der Waals surface area contributed by atoms with Gasteiger partial charge in [-0.15, -0.1) is 0 Å². The van der Waals surface area contributed by atoms with Crippen molar-refractivity contribution in [3.63, 3.8) is 0 Å². The number of likely N-dealkylation sites (tertiary alicyclic amines) is 1. The Bertz CT molecular complexity index is 1310. The lowest BCUT2D eigenvalue weighted by molar-refractivity contribution is -0.926. The van der Waals surface area contributed by atoms with Crippen molar-refractivity contribution in [3.05, 3.63) is 102 Å². The number of rotatable bonds is 5. The fourth-order valence-electron chi connectivity index (χ4n) is 5.08. The summed E-state index contributed by atoms with van der Waals surface area (Å²) < 4.78 is 1.12. The van der Waals surface area contributed by atoms with Crippen LogP contribution in [0.15, 0.2) is 84.9 Å². The van der Waals surface area contributed by atoms with E-state index in [-0.39, 0.29) is 29.9 Å². The van der Waals surface area contributed by atoms with E-state index < -0.39 is 0 Å². The molecule has 1 N–H and O–H groups in total. The van der Waals surface area contributed by atoms with Crippen molar-refractivity contribution >= 4 is 22.4 Å². The van der Waals surface area contributed by atoms with Gasteiger partial charge >= 0.3 is 0 Å². The van der Waals surface area contributed by atoms with Crippen LogP contribution in [0.3, 0.4) is 0 Å². The summed E-state index contributed by atoms with van der Waals surface area (Å²) >= 11 is 0. The van der Waals surface area contributed by atoms with Crippen molar-refractivity contribution in [2.75, 3.05) is 25.5 Å². The first-order valence-corrected chi connectivity index (χ1v) is 12.3. The third-order valence-corrected chi connectivity index (χ3v) is 7.16. The number of benzene rings is 4. The number of aryl methyl sites for hydroxylation is 1. The van der Waals surface area contributed by atoms with Crippen molar-refractivity contribution in [3.8, 4) is 11.1 Å². The average Bonchev–Trinajstić information content (AvgIpc) is 2.85. The number of carbonyl (C=O) groups is 1. The van der Waals surface area contributed by atoms with Gasteiger partial charge in [0, 0.05) is 16.8 Å². The van der Waals surface area contributed by atoms with Crippen LogP contribution < -0.4 is 29.3 Å². The predicted octanol–water partition coefficient (Wildman–Crippen LogP) is 4.20. The van der Waals surface area contributed by atoms with Crippen LogP contribution in [-0.4, -0.2) is 30.5 Å². The van der Waals surface area contributed by atoms with E-state index >= 15 is 0 Å². The van der Waals surface area contributed by atoms with Gasteiger partial charge in [-0.05, 0) is 78.4 Å². The Kier molecular flexibility index (Phi) is 7.92. The fourth-order valence-corrected chi connectivity index (χ4v) is 5.08. The molecule has 3 nitrogen and oxygen atoms in total. The van der Waals surface area contributed by atoms with Gasteiger partial charge in [0.2, 0.25) is 0 Å².